The van der Waals surface area contributed by atoms with Gasteiger partial charge in [-0.15, -0.1) is 10.2 Å². The Morgan fingerprint density at radius 2 is 1.89 bits per heavy atom. The summed E-state index contributed by atoms with van der Waals surface area (Å²) in [7, 11) is 0. The number of benzene rings is 1. The number of halogens is 1. The normalized spacial score (nSPS) is 14.4. The molecule has 0 amide bonds. The molecule has 0 spiro atoms. The van der Waals surface area contributed by atoms with Gasteiger partial charge in [0.25, 0.3) is 0 Å². The third-order valence-electron chi connectivity index (χ3n) is 3.15. The molecule has 0 saturated carbocycles. The lowest BCUT2D eigenvalue weighted by Gasteiger charge is -2.20. The van der Waals surface area contributed by atoms with Gasteiger partial charge in [-0.3, -0.25) is 0 Å². The van der Waals surface area contributed by atoms with Crippen molar-refractivity contribution in [3.8, 4) is 0 Å². The van der Waals surface area contributed by atoms with Crippen LogP contribution in [0, 0.1) is 5.92 Å². The van der Waals surface area contributed by atoms with Crippen LogP contribution in [0.5, 0.6) is 0 Å². The number of rotatable bonds is 4. The van der Waals surface area contributed by atoms with E-state index < -0.39 is 0 Å². The van der Waals surface area contributed by atoms with Gasteiger partial charge >= 0.3 is 0 Å². The van der Waals surface area contributed by atoms with Crippen LogP contribution in [-0.4, -0.2) is 28.0 Å². The maximum Gasteiger partial charge on any atom is 0.159 e. The van der Waals surface area contributed by atoms with Crippen LogP contribution in [0.2, 0.25) is 5.15 Å². The fourth-order valence-corrected chi connectivity index (χ4v) is 1.90. The van der Waals surface area contributed by atoms with E-state index in [9.17, 15) is 0 Å². The van der Waals surface area contributed by atoms with Crippen LogP contribution in [0.3, 0.4) is 0 Å². The standard InChI is InChI=1S/C13H16ClN3O/c1-8(7-18)9(2)15-13-11-6-4-3-5-10(11)12(14)16-17-13/h3-6,8-9,18H,7H2,1-2H3,(H,15,17). The van der Waals surface area contributed by atoms with Crippen LogP contribution in [0.15, 0.2) is 24.3 Å². The van der Waals surface area contributed by atoms with Gasteiger partial charge in [0.15, 0.2) is 11.0 Å². The molecule has 1 aromatic heterocycles. The van der Waals surface area contributed by atoms with Crippen LogP contribution >= 0.6 is 11.6 Å². The first-order valence-electron chi connectivity index (χ1n) is 5.91. The lowest BCUT2D eigenvalue weighted by atomic mass is 10.0. The Balaban J connectivity index is 2.37. The van der Waals surface area contributed by atoms with E-state index in [4.69, 9.17) is 16.7 Å². The van der Waals surface area contributed by atoms with E-state index in [-0.39, 0.29) is 18.6 Å². The maximum absolute atomic E-state index is 9.14. The molecule has 2 rings (SSSR count). The zero-order valence-corrected chi connectivity index (χ0v) is 11.1. The molecule has 0 bridgehead atoms. The van der Waals surface area contributed by atoms with Crippen molar-refractivity contribution in [1.29, 1.82) is 0 Å². The zero-order chi connectivity index (χ0) is 13.1. The third kappa shape index (κ3) is 2.54. The van der Waals surface area contributed by atoms with Crippen LogP contribution in [-0.2, 0) is 0 Å². The Morgan fingerprint density at radius 3 is 2.56 bits per heavy atom. The highest BCUT2D eigenvalue weighted by Crippen LogP contribution is 2.26. The summed E-state index contributed by atoms with van der Waals surface area (Å²) in [6, 6.07) is 7.83. The topological polar surface area (TPSA) is 58.0 Å². The summed E-state index contributed by atoms with van der Waals surface area (Å²) in [5.74, 6) is 0.837. The van der Waals surface area contributed by atoms with Crippen molar-refractivity contribution >= 4 is 28.2 Å². The van der Waals surface area contributed by atoms with E-state index in [0.29, 0.717) is 11.0 Å². The number of fused-ring (bicyclic) bond motifs is 1. The average molecular weight is 266 g/mol. The number of hydrogen-bond acceptors (Lipinski definition) is 4. The average Bonchev–Trinajstić information content (AvgIpc) is 2.41. The van der Waals surface area contributed by atoms with E-state index in [1.54, 1.807) is 0 Å². The molecule has 96 valence electrons. The van der Waals surface area contributed by atoms with Crippen LogP contribution < -0.4 is 5.32 Å². The van der Waals surface area contributed by atoms with Crippen molar-refractivity contribution in [2.24, 2.45) is 5.92 Å². The summed E-state index contributed by atoms with van der Waals surface area (Å²) in [6.45, 7) is 4.11. The van der Waals surface area contributed by atoms with Gasteiger partial charge in [0, 0.05) is 23.4 Å². The Bertz CT molecular complexity index is 547. The molecule has 1 aromatic carbocycles. The molecular formula is C13H16ClN3O. The molecule has 2 N–H and O–H groups in total. The first kappa shape index (κ1) is 13.1. The Labute approximate surface area is 111 Å². The third-order valence-corrected chi connectivity index (χ3v) is 3.43. The van der Waals surface area contributed by atoms with E-state index in [0.717, 1.165) is 10.8 Å². The second-order valence-corrected chi connectivity index (χ2v) is 4.84. The van der Waals surface area contributed by atoms with Gasteiger partial charge in [-0.2, -0.15) is 0 Å². The van der Waals surface area contributed by atoms with Crippen molar-refractivity contribution in [2.45, 2.75) is 19.9 Å². The largest absolute Gasteiger partial charge is 0.396 e. The first-order chi connectivity index (χ1) is 8.63. The van der Waals surface area contributed by atoms with E-state index in [1.807, 2.05) is 38.1 Å². The van der Waals surface area contributed by atoms with Crippen molar-refractivity contribution in [3.63, 3.8) is 0 Å². The summed E-state index contributed by atoms with van der Waals surface area (Å²) in [5, 5.41) is 22.7. The second kappa shape index (κ2) is 5.50. The van der Waals surface area contributed by atoms with E-state index >= 15 is 0 Å². The molecule has 1 heterocycles. The van der Waals surface area contributed by atoms with Crippen molar-refractivity contribution in [3.05, 3.63) is 29.4 Å². The van der Waals surface area contributed by atoms with Crippen molar-refractivity contribution < 1.29 is 5.11 Å². The molecule has 0 aliphatic carbocycles. The fraction of sp³-hybridized carbons (Fsp3) is 0.385. The minimum absolute atomic E-state index is 0.105. The molecule has 0 saturated heterocycles. The smallest absolute Gasteiger partial charge is 0.159 e. The van der Waals surface area contributed by atoms with Gasteiger partial charge in [-0.1, -0.05) is 42.8 Å². The van der Waals surface area contributed by atoms with Crippen molar-refractivity contribution in [1.82, 2.24) is 10.2 Å². The Kier molecular flexibility index (Phi) is 3.99. The van der Waals surface area contributed by atoms with Gasteiger partial charge in [0.1, 0.15) is 0 Å². The minimum atomic E-state index is 0.105. The summed E-state index contributed by atoms with van der Waals surface area (Å²) < 4.78 is 0. The highest BCUT2D eigenvalue weighted by molar-refractivity contribution is 6.34. The second-order valence-electron chi connectivity index (χ2n) is 4.48. The van der Waals surface area contributed by atoms with E-state index in [1.165, 1.54) is 0 Å². The van der Waals surface area contributed by atoms with Crippen molar-refractivity contribution in [2.75, 3.05) is 11.9 Å². The molecule has 0 radical (unpaired) electrons. The molecule has 2 aromatic rings. The Morgan fingerprint density at radius 1 is 1.22 bits per heavy atom. The van der Waals surface area contributed by atoms with Gasteiger partial charge in [0.05, 0.1) is 0 Å². The molecule has 2 atom stereocenters. The SMILES string of the molecule is CC(CO)C(C)Nc1nnc(Cl)c2ccccc12. The summed E-state index contributed by atoms with van der Waals surface area (Å²) in [4.78, 5) is 0. The molecule has 2 unspecified atom stereocenters. The molecule has 18 heavy (non-hydrogen) atoms. The number of aliphatic hydroxyl groups excluding tert-OH is 1. The fourth-order valence-electron chi connectivity index (χ4n) is 1.69. The number of aromatic nitrogens is 2. The summed E-state index contributed by atoms with van der Waals surface area (Å²) in [6.07, 6.45) is 0. The quantitative estimate of drug-likeness (QED) is 0.892. The minimum Gasteiger partial charge on any atom is -0.396 e. The molecule has 0 aliphatic heterocycles. The molecule has 5 heteroatoms. The molecule has 4 nitrogen and oxygen atoms in total. The number of nitrogens with zero attached hydrogens (tertiary/aromatic N) is 2. The predicted octanol–water partition coefficient (Wildman–Crippen LogP) is 2.71. The zero-order valence-electron chi connectivity index (χ0n) is 10.4. The lowest BCUT2D eigenvalue weighted by molar-refractivity contribution is 0.226. The maximum atomic E-state index is 9.14. The molecule has 0 fully saturated rings. The van der Waals surface area contributed by atoms with Crippen LogP contribution in [0.4, 0.5) is 5.82 Å². The highest BCUT2D eigenvalue weighted by Gasteiger charge is 2.14. The summed E-state index contributed by atoms with van der Waals surface area (Å²) >= 11 is 6.01. The van der Waals surface area contributed by atoms with Gasteiger partial charge in [0.2, 0.25) is 0 Å². The highest BCUT2D eigenvalue weighted by atomic mass is 35.5. The summed E-state index contributed by atoms with van der Waals surface area (Å²) in [5.41, 5.74) is 0. The predicted molar refractivity (Wildman–Crippen MR) is 73.9 cm³/mol. The Hall–Kier alpha value is -1.39. The number of nitrogens with one attached hydrogen (secondary N) is 1. The van der Waals surface area contributed by atoms with E-state index in [2.05, 4.69) is 15.5 Å². The van der Waals surface area contributed by atoms with Gasteiger partial charge in [-0.25, -0.2) is 0 Å². The number of anilines is 1. The first-order valence-corrected chi connectivity index (χ1v) is 6.29. The monoisotopic (exact) mass is 265 g/mol. The van der Waals surface area contributed by atoms with Crippen LogP contribution in [0.1, 0.15) is 13.8 Å². The lowest BCUT2D eigenvalue weighted by Crippen LogP contribution is -2.26. The van der Waals surface area contributed by atoms with Gasteiger partial charge in [-0.05, 0) is 12.8 Å². The van der Waals surface area contributed by atoms with Crippen LogP contribution in [0.25, 0.3) is 10.8 Å². The molecule has 0 aliphatic rings. The number of aliphatic hydroxyl groups is 1. The molecular weight excluding hydrogens is 250 g/mol. The number of hydrogen-bond donors (Lipinski definition) is 2. The van der Waals surface area contributed by atoms with Gasteiger partial charge < -0.3 is 10.4 Å².